The van der Waals surface area contributed by atoms with Crippen LogP contribution in [0.1, 0.15) is 69.6 Å². The summed E-state index contributed by atoms with van der Waals surface area (Å²) in [7, 11) is 0. The molecule has 1 saturated carbocycles. The van der Waals surface area contributed by atoms with Crippen molar-refractivity contribution < 1.29 is 14.3 Å². The SMILES string of the molecule is CC1CCC(c2nnc(CCCCC(=O)O)o2)CC1. The molecule has 106 valence electrons. The molecule has 0 spiro atoms. The van der Waals surface area contributed by atoms with E-state index in [0.29, 0.717) is 24.7 Å². The third-order valence-electron chi connectivity index (χ3n) is 3.88. The summed E-state index contributed by atoms with van der Waals surface area (Å²) in [6.45, 7) is 2.29. The van der Waals surface area contributed by atoms with Gasteiger partial charge in [-0.15, -0.1) is 10.2 Å². The monoisotopic (exact) mass is 266 g/mol. The third-order valence-corrected chi connectivity index (χ3v) is 3.88. The van der Waals surface area contributed by atoms with Gasteiger partial charge in [0.15, 0.2) is 0 Å². The molecule has 0 saturated heterocycles. The predicted octanol–water partition coefficient (Wildman–Crippen LogP) is 3.16. The summed E-state index contributed by atoms with van der Waals surface area (Å²) in [6.07, 6.45) is 7.10. The molecular weight excluding hydrogens is 244 g/mol. The molecule has 1 heterocycles. The highest BCUT2D eigenvalue weighted by molar-refractivity contribution is 5.66. The number of aromatic nitrogens is 2. The fourth-order valence-corrected chi connectivity index (χ4v) is 2.59. The zero-order valence-electron chi connectivity index (χ0n) is 11.5. The lowest BCUT2D eigenvalue weighted by Crippen LogP contribution is -2.11. The smallest absolute Gasteiger partial charge is 0.303 e. The van der Waals surface area contributed by atoms with Gasteiger partial charge in [0.2, 0.25) is 11.8 Å². The second-order valence-electron chi connectivity index (χ2n) is 5.59. The molecule has 2 rings (SSSR count). The zero-order valence-corrected chi connectivity index (χ0v) is 11.5. The first-order valence-corrected chi connectivity index (χ1v) is 7.19. The van der Waals surface area contributed by atoms with Crippen molar-refractivity contribution >= 4 is 5.97 Å². The van der Waals surface area contributed by atoms with Crippen LogP contribution in [0.2, 0.25) is 0 Å². The highest BCUT2D eigenvalue weighted by Crippen LogP contribution is 2.34. The Morgan fingerprint density at radius 3 is 2.68 bits per heavy atom. The van der Waals surface area contributed by atoms with Crippen LogP contribution in [0.25, 0.3) is 0 Å². The second kappa shape index (κ2) is 6.68. The number of carbonyl (C=O) groups is 1. The van der Waals surface area contributed by atoms with Gasteiger partial charge in [-0.2, -0.15) is 0 Å². The molecule has 0 radical (unpaired) electrons. The van der Waals surface area contributed by atoms with Gasteiger partial charge >= 0.3 is 5.97 Å². The van der Waals surface area contributed by atoms with Crippen LogP contribution in [0.4, 0.5) is 0 Å². The molecule has 0 bridgehead atoms. The minimum absolute atomic E-state index is 0.210. The van der Waals surface area contributed by atoms with E-state index in [1.165, 1.54) is 12.8 Å². The van der Waals surface area contributed by atoms with Crippen molar-refractivity contribution in [2.24, 2.45) is 5.92 Å². The van der Waals surface area contributed by atoms with E-state index in [-0.39, 0.29) is 6.42 Å². The van der Waals surface area contributed by atoms with Crippen LogP contribution >= 0.6 is 0 Å². The van der Waals surface area contributed by atoms with Gasteiger partial charge in [0, 0.05) is 18.8 Å². The van der Waals surface area contributed by atoms with Crippen molar-refractivity contribution in [2.75, 3.05) is 0 Å². The van der Waals surface area contributed by atoms with E-state index >= 15 is 0 Å². The summed E-state index contributed by atoms with van der Waals surface area (Å²) < 4.78 is 5.70. The molecule has 0 aromatic carbocycles. The molecule has 19 heavy (non-hydrogen) atoms. The largest absolute Gasteiger partial charge is 0.481 e. The number of carboxylic acid groups (broad SMARTS) is 1. The maximum atomic E-state index is 10.4. The predicted molar refractivity (Wildman–Crippen MR) is 69.9 cm³/mol. The second-order valence-corrected chi connectivity index (χ2v) is 5.59. The van der Waals surface area contributed by atoms with E-state index in [0.717, 1.165) is 31.1 Å². The van der Waals surface area contributed by atoms with Gasteiger partial charge < -0.3 is 9.52 Å². The van der Waals surface area contributed by atoms with E-state index in [9.17, 15) is 4.79 Å². The molecule has 1 N–H and O–H groups in total. The fraction of sp³-hybridized carbons (Fsp3) is 0.786. The van der Waals surface area contributed by atoms with Crippen LogP contribution in [-0.2, 0) is 11.2 Å². The number of aryl methyl sites for hydroxylation is 1. The zero-order chi connectivity index (χ0) is 13.7. The summed E-state index contributed by atoms with van der Waals surface area (Å²) in [4.78, 5) is 10.4. The highest BCUT2D eigenvalue weighted by Gasteiger charge is 2.24. The summed E-state index contributed by atoms with van der Waals surface area (Å²) in [5.41, 5.74) is 0. The van der Waals surface area contributed by atoms with Gasteiger partial charge in [-0.3, -0.25) is 4.79 Å². The molecule has 0 atom stereocenters. The number of nitrogens with zero attached hydrogens (tertiary/aromatic N) is 2. The summed E-state index contributed by atoms with van der Waals surface area (Å²) >= 11 is 0. The first-order chi connectivity index (χ1) is 9.15. The molecule has 5 heteroatoms. The Kier molecular flexibility index (Phi) is 4.93. The average molecular weight is 266 g/mol. The third kappa shape index (κ3) is 4.33. The van der Waals surface area contributed by atoms with Crippen molar-refractivity contribution in [3.63, 3.8) is 0 Å². The van der Waals surface area contributed by atoms with Gasteiger partial charge in [0.25, 0.3) is 0 Å². The normalized spacial score (nSPS) is 23.4. The Morgan fingerprint density at radius 1 is 1.26 bits per heavy atom. The Labute approximate surface area is 113 Å². The van der Waals surface area contributed by atoms with Crippen LogP contribution < -0.4 is 0 Å². The fourth-order valence-electron chi connectivity index (χ4n) is 2.59. The van der Waals surface area contributed by atoms with Crippen LogP contribution in [0.3, 0.4) is 0 Å². The minimum Gasteiger partial charge on any atom is -0.481 e. The maximum Gasteiger partial charge on any atom is 0.303 e. The number of rotatable bonds is 6. The molecule has 1 aliphatic rings. The Hall–Kier alpha value is -1.39. The van der Waals surface area contributed by atoms with Crippen LogP contribution in [-0.4, -0.2) is 21.3 Å². The van der Waals surface area contributed by atoms with Crippen molar-refractivity contribution in [1.82, 2.24) is 10.2 Å². The van der Waals surface area contributed by atoms with Crippen LogP contribution in [0.5, 0.6) is 0 Å². The van der Waals surface area contributed by atoms with Crippen molar-refractivity contribution in [3.05, 3.63) is 11.8 Å². The van der Waals surface area contributed by atoms with Gasteiger partial charge in [0.05, 0.1) is 0 Å². The number of aliphatic carboxylic acids is 1. The molecule has 0 unspecified atom stereocenters. The summed E-state index contributed by atoms with van der Waals surface area (Å²) in [5.74, 6) is 1.92. The van der Waals surface area contributed by atoms with E-state index in [1.54, 1.807) is 0 Å². The Morgan fingerprint density at radius 2 is 2.00 bits per heavy atom. The van der Waals surface area contributed by atoms with Crippen LogP contribution in [0, 0.1) is 5.92 Å². The summed E-state index contributed by atoms with van der Waals surface area (Å²) in [5, 5.41) is 16.8. The Balaban J connectivity index is 1.77. The molecule has 5 nitrogen and oxygen atoms in total. The quantitative estimate of drug-likeness (QED) is 0.800. The number of unbranched alkanes of at least 4 members (excludes halogenated alkanes) is 1. The van der Waals surface area contributed by atoms with Crippen molar-refractivity contribution in [2.45, 2.75) is 64.2 Å². The molecule has 1 aliphatic carbocycles. The van der Waals surface area contributed by atoms with Crippen molar-refractivity contribution in [3.8, 4) is 0 Å². The summed E-state index contributed by atoms with van der Waals surface area (Å²) in [6, 6.07) is 0. The molecule has 1 fully saturated rings. The number of carboxylic acids is 1. The lowest BCUT2D eigenvalue weighted by Gasteiger charge is -2.23. The minimum atomic E-state index is -0.748. The average Bonchev–Trinajstić information content (AvgIpc) is 2.84. The van der Waals surface area contributed by atoms with E-state index in [2.05, 4.69) is 17.1 Å². The molecular formula is C14H22N2O3. The number of hydrogen-bond acceptors (Lipinski definition) is 4. The van der Waals surface area contributed by atoms with Crippen molar-refractivity contribution in [1.29, 1.82) is 0 Å². The Bertz CT molecular complexity index is 409. The standard InChI is InChI=1S/C14H22N2O3/c1-10-6-8-11(9-7-10)14-16-15-12(19-14)4-2-3-5-13(17)18/h10-11H,2-9H2,1H3,(H,17,18). The van der Waals surface area contributed by atoms with Crippen LogP contribution in [0.15, 0.2) is 4.42 Å². The van der Waals surface area contributed by atoms with E-state index < -0.39 is 5.97 Å². The first kappa shape index (κ1) is 14.0. The number of hydrogen-bond donors (Lipinski definition) is 1. The molecule has 1 aromatic rings. The topological polar surface area (TPSA) is 76.2 Å². The molecule has 1 aromatic heterocycles. The van der Waals surface area contributed by atoms with Gasteiger partial charge in [-0.25, -0.2) is 0 Å². The van der Waals surface area contributed by atoms with Gasteiger partial charge in [0.1, 0.15) is 0 Å². The van der Waals surface area contributed by atoms with E-state index in [1.807, 2.05) is 0 Å². The van der Waals surface area contributed by atoms with Gasteiger partial charge in [-0.05, 0) is 44.4 Å². The van der Waals surface area contributed by atoms with E-state index in [4.69, 9.17) is 9.52 Å². The van der Waals surface area contributed by atoms with Gasteiger partial charge in [-0.1, -0.05) is 6.92 Å². The maximum absolute atomic E-state index is 10.4. The first-order valence-electron chi connectivity index (χ1n) is 7.19. The lowest BCUT2D eigenvalue weighted by molar-refractivity contribution is -0.137. The lowest BCUT2D eigenvalue weighted by atomic mass is 9.83. The highest BCUT2D eigenvalue weighted by atomic mass is 16.4. The molecule has 0 amide bonds. The molecule has 0 aliphatic heterocycles.